The number of hydrogen-bond acceptors (Lipinski definition) is 4. The molecule has 5 heteroatoms. The minimum atomic E-state index is -1.43. The summed E-state index contributed by atoms with van der Waals surface area (Å²) in [5.74, 6) is 2.84. The van der Waals surface area contributed by atoms with E-state index in [4.69, 9.17) is 14.4 Å². The third-order valence-corrected chi connectivity index (χ3v) is 10.4. The Hall–Kier alpha value is -0.523. The maximum Gasteiger partial charge on any atom is 0.183 e. The van der Waals surface area contributed by atoms with Crippen LogP contribution in [0.5, 0.6) is 0 Å². The minimum Gasteiger partial charge on any atom is -0.418 e. The molecule has 2 saturated carbocycles. The van der Waals surface area contributed by atoms with Crippen molar-refractivity contribution in [1.29, 1.82) is 0 Å². The fraction of sp³-hybridized carbons (Fsp3) is 0.935. The van der Waals surface area contributed by atoms with E-state index in [1.165, 1.54) is 75.6 Å². The van der Waals surface area contributed by atoms with Crippen molar-refractivity contribution in [2.45, 2.75) is 155 Å². The Morgan fingerprint density at radius 2 is 1.22 bits per heavy atom. The zero-order valence-corrected chi connectivity index (χ0v) is 26.1. The molecular formula is C31H59N3OSi. The molecule has 2 aliphatic carbocycles. The largest absolute Gasteiger partial charge is 0.418 e. The highest BCUT2D eigenvalue weighted by molar-refractivity contribution is 6.69. The number of nitrogens with zero attached hydrogens (tertiary/aromatic N) is 2. The van der Waals surface area contributed by atoms with E-state index in [9.17, 15) is 0 Å². The summed E-state index contributed by atoms with van der Waals surface area (Å²) < 4.78 is 6.15. The highest BCUT2D eigenvalue weighted by Crippen LogP contribution is 2.33. The van der Waals surface area contributed by atoms with Crippen molar-refractivity contribution in [3.05, 3.63) is 0 Å². The maximum absolute atomic E-state index is 6.15. The second-order valence-electron chi connectivity index (χ2n) is 13.8. The van der Waals surface area contributed by atoms with Crippen LogP contribution in [0.3, 0.4) is 0 Å². The Bertz CT molecular complexity index is 710. The molecule has 6 atom stereocenters. The van der Waals surface area contributed by atoms with Crippen molar-refractivity contribution in [2.75, 3.05) is 6.61 Å². The number of nitrogens with one attached hydrogen (secondary N) is 1. The molecule has 0 aromatic heterocycles. The Morgan fingerprint density at radius 1 is 0.722 bits per heavy atom. The molecule has 1 saturated heterocycles. The lowest BCUT2D eigenvalue weighted by atomic mass is 9.78. The van der Waals surface area contributed by atoms with Gasteiger partial charge in [0.05, 0.1) is 12.1 Å². The topological polar surface area (TPSA) is 46.0 Å². The summed E-state index contributed by atoms with van der Waals surface area (Å²) in [6, 6.07) is 1.82. The molecule has 6 unspecified atom stereocenters. The van der Waals surface area contributed by atoms with Crippen LogP contribution in [-0.4, -0.2) is 50.5 Å². The number of unbranched alkanes of at least 4 members (excludes halogenated alkanes) is 1. The molecule has 4 nitrogen and oxygen atoms in total. The van der Waals surface area contributed by atoms with Crippen molar-refractivity contribution < 1.29 is 4.43 Å². The lowest BCUT2D eigenvalue weighted by Crippen LogP contribution is -2.50. The minimum absolute atomic E-state index is 0.409. The summed E-state index contributed by atoms with van der Waals surface area (Å²) in [6.07, 6.45) is 15.2. The van der Waals surface area contributed by atoms with E-state index in [1.54, 1.807) is 0 Å². The summed E-state index contributed by atoms with van der Waals surface area (Å²) >= 11 is 0. The van der Waals surface area contributed by atoms with Crippen LogP contribution < -0.4 is 5.32 Å². The third-order valence-electron chi connectivity index (χ3n) is 9.29. The van der Waals surface area contributed by atoms with Crippen LogP contribution in [0.1, 0.15) is 112 Å². The fourth-order valence-electron chi connectivity index (χ4n) is 7.00. The van der Waals surface area contributed by atoms with E-state index in [2.05, 4.69) is 59.6 Å². The molecule has 0 spiro atoms. The number of hydrogen-bond donors (Lipinski definition) is 1. The van der Waals surface area contributed by atoms with Gasteiger partial charge in [0.2, 0.25) is 0 Å². The summed E-state index contributed by atoms with van der Waals surface area (Å²) in [6.45, 7) is 19.8. The van der Waals surface area contributed by atoms with Crippen molar-refractivity contribution in [3.63, 3.8) is 0 Å². The summed E-state index contributed by atoms with van der Waals surface area (Å²) in [7, 11) is -1.43. The smallest absolute Gasteiger partial charge is 0.183 e. The van der Waals surface area contributed by atoms with Gasteiger partial charge in [-0.25, -0.2) is 0 Å². The van der Waals surface area contributed by atoms with Crippen molar-refractivity contribution in [1.82, 2.24) is 5.32 Å². The monoisotopic (exact) mass is 517 g/mol. The molecule has 0 bridgehead atoms. The van der Waals surface area contributed by atoms with E-state index < -0.39 is 8.32 Å². The van der Waals surface area contributed by atoms with E-state index in [1.807, 2.05) is 0 Å². The molecule has 1 aliphatic heterocycles. The molecule has 1 heterocycles. The zero-order chi connectivity index (χ0) is 26.3. The Kier molecular flexibility index (Phi) is 11.7. The van der Waals surface area contributed by atoms with Crippen molar-refractivity contribution >= 4 is 19.7 Å². The van der Waals surface area contributed by atoms with Crippen LogP contribution in [0, 0.1) is 23.7 Å². The van der Waals surface area contributed by atoms with E-state index in [0.717, 1.165) is 19.4 Å². The first-order valence-electron chi connectivity index (χ1n) is 15.6. The first-order valence-corrected chi connectivity index (χ1v) is 19.0. The van der Waals surface area contributed by atoms with Gasteiger partial charge in [-0.2, -0.15) is 0 Å². The van der Waals surface area contributed by atoms with Crippen LogP contribution in [0.4, 0.5) is 0 Å². The maximum atomic E-state index is 6.15. The lowest BCUT2D eigenvalue weighted by molar-refractivity contribution is 0.250. The molecule has 3 aliphatic rings. The third kappa shape index (κ3) is 9.05. The van der Waals surface area contributed by atoms with E-state index in [0.29, 0.717) is 47.8 Å². The molecule has 36 heavy (non-hydrogen) atoms. The quantitative estimate of drug-likeness (QED) is 0.181. The molecule has 208 valence electrons. The second-order valence-corrected chi connectivity index (χ2v) is 18.3. The van der Waals surface area contributed by atoms with Gasteiger partial charge in [0.15, 0.2) is 8.32 Å². The predicted octanol–water partition coefficient (Wildman–Crippen LogP) is 8.07. The van der Waals surface area contributed by atoms with Gasteiger partial charge in [-0.3, -0.25) is 9.98 Å². The van der Waals surface area contributed by atoms with Crippen LogP contribution in [0.25, 0.3) is 0 Å². The van der Waals surface area contributed by atoms with Gasteiger partial charge in [-0.05, 0) is 114 Å². The molecule has 3 fully saturated rings. The predicted molar refractivity (Wildman–Crippen MR) is 160 cm³/mol. The van der Waals surface area contributed by atoms with Crippen LogP contribution >= 0.6 is 0 Å². The van der Waals surface area contributed by atoms with Gasteiger partial charge in [-0.1, -0.05) is 40.5 Å². The number of rotatable bonds is 10. The SMILES string of the molecule is CC(=NC1C(C)CCCC1C)C1CCCC(C(CCCCO[Si](C)(C)C)=NC2C(C)CCCC2C)N1. The second kappa shape index (κ2) is 14.0. The van der Waals surface area contributed by atoms with Gasteiger partial charge < -0.3 is 9.74 Å². The molecule has 0 radical (unpaired) electrons. The first-order chi connectivity index (χ1) is 17.0. The molecule has 0 aromatic rings. The Morgan fingerprint density at radius 3 is 1.78 bits per heavy atom. The highest BCUT2D eigenvalue weighted by Gasteiger charge is 2.32. The van der Waals surface area contributed by atoms with Gasteiger partial charge in [0.25, 0.3) is 0 Å². The van der Waals surface area contributed by atoms with Crippen molar-refractivity contribution in [3.8, 4) is 0 Å². The van der Waals surface area contributed by atoms with Crippen LogP contribution in [0.2, 0.25) is 19.6 Å². The van der Waals surface area contributed by atoms with Gasteiger partial charge in [-0.15, -0.1) is 0 Å². The van der Waals surface area contributed by atoms with Crippen LogP contribution in [-0.2, 0) is 4.43 Å². The average Bonchev–Trinajstić information content (AvgIpc) is 2.81. The Balaban J connectivity index is 1.70. The summed E-state index contributed by atoms with van der Waals surface area (Å²) in [4.78, 5) is 10.9. The van der Waals surface area contributed by atoms with Gasteiger partial charge in [0, 0.05) is 30.1 Å². The fourth-order valence-corrected chi connectivity index (χ4v) is 7.75. The highest BCUT2D eigenvalue weighted by atomic mass is 28.4. The molecule has 1 N–H and O–H groups in total. The van der Waals surface area contributed by atoms with Crippen molar-refractivity contribution in [2.24, 2.45) is 33.7 Å². The number of aliphatic imine (C=N–C) groups is 2. The number of piperidine rings is 1. The average molecular weight is 518 g/mol. The van der Waals surface area contributed by atoms with Gasteiger partial charge >= 0.3 is 0 Å². The standard InChI is InChI=1S/C31H59N3OSi/c1-22-14-11-15-23(2)30(22)32-26(5)27-19-13-20-28(33-27)29(18-9-10-21-35-36(6,7)8)34-31-24(3)16-12-17-25(31)4/h22-25,27-28,30-31,33H,9-21H2,1-8H3. The molecule has 0 aromatic carbocycles. The molecular weight excluding hydrogens is 458 g/mol. The summed E-state index contributed by atoms with van der Waals surface area (Å²) in [5.41, 5.74) is 2.79. The molecule has 3 rings (SSSR count). The van der Waals surface area contributed by atoms with Crippen LogP contribution in [0.15, 0.2) is 9.98 Å². The first kappa shape index (κ1) is 30.0. The normalized spacial score (nSPS) is 37.2. The zero-order valence-electron chi connectivity index (χ0n) is 25.1. The lowest BCUT2D eigenvalue weighted by Gasteiger charge is -2.37. The van der Waals surface area contributed by atoms with E-state index >= 15 is 0 Å². The molecule has 0 amide bonds. The van der Waals surface area contributed by atoms with Gasteiger partial charge in [0.1, 0.15) is 0 Å². The summed E-state index contributed by atoms with van der Waals surface area (Å²) in [5, 5.41) is 4.07. The van der Waals surface area contributed by atoms with E-state index in [-0.39, 0.29) is 0 Å². The Labute approximate surface area is 225 Å².